The van der Waals surface area contributed by atoms with E-state index in [1.54, 1.807) is 6.20 Å². The van der Waals surface area contributed by atoms with Gasteiger partial charge in [-0.05, 0) is 23.7 Å². The lowest BCUT2D eigenvalue weighted by atomic mass is 10.1. The van der Waals surface area contributed by atoms with Gasteiger partial charge in [0, 0.05) is 20.5 Å². The van der Waals surface area contributed by atoms with Gasteiger partial charge in [0.05, 0.1) is 11.7 Å². The predicted molar refractivity (Wildman–Crippen MR) is 89.2 cm³/mol. The van der Waals surface area contributed by atoms with Crippen molar-refractivity contribution in [3.63, 3.8) is 0 Å². The second kappa shape index (κ2) is 6.62. The summed E-state index contributed by atoms with van der Waals surface area (Å²) in [5.74, 6) is 0. The van der Waals surface area contributed by atoms with Crippen molar-refractivity contribution in [1.29, 1.82) is 0 Å². The summed E-state index contributed by atoms with van der Waals surface area (Å²) in [5, 5.41) is 0. The molecule has 0 fully saturated rings. The maximum atomic E-state index is 4.80. The SMILES string of the molecule is C[Si](C)(C)CC(N=Cc1ccccn1)c1ccccc1. The van der Waals surface area contributed by atoms with Crippen LogP contribution in [-0.4, -0.2) is 19.3 Å². The molecule has 0 aliphatic carbocycles. The summed E-state index contributed by atoms with van der Waals surface area (Å²) in [6, 6.07) is 17.9. The number of aliphatic imine (C=N–C) groups is 1. The molecule has 1 aromatic heterocycles. The number of benzene rings is 1. The fourth-order valence-corrected chi connectivity index (χ4v) is 3.63. The van der Waals surface area contributed by atoms with E-state index in [1.165, 1.54) is 5.56 Å². The summed E-state index contributed by atoms with van der Waals surface area (Å²) in [5.41, 5.74) is 2.21. The molecule has 3 heteroatoms. The molecule has 0 saturated heterocycles. The van der Waals surface area contributed by atoms with Crippen LogP contribution in [0.4, 0.5) is 0 Å². The number of aromatic nitrogens is 1. The van der Waals surface area contributed by atoms with Crippen LogP contribution in [0.2, 0.25) is 25.7 Å². The Morgan fingerprint density at radius 3 is 2.35 bits per heavy atom. The highest BCUT2D eigenvalue weighted by atomic mass is 28.3. The van der Waals surface area contributed by atoms with Gasteiger partial charge >= 0.3 is 0 Å². The molecule has 1 aromatic carbocycles. The van der Waals surface area contributed by atoms with Gasteiger partial charge in [-0.1, -0.05) is 56.0 Å². The van der Waals surface area contributed by atoms with Crippen LogP contribution in [0.25, 0.3) is 0 Å². The van der Waals surface area contributed by atoms with Gasteiger partial charge in [-0.3, -0.25) is 9.98 Å². The van der Waals surface area contributed by atoms with Gasteiger partial charge in [-0.25, -0.2) is 0 Å². The van der Waals surface area contributed by atoms with Crippen LogP contribution < -0.4 is 0 Å². The lowest BCUT2D eigenvalue weighted by molar-refractivity contribution is 0.806. The molecule has 0 spiro atoms. The molecule has 2 aromatic rings. The number of nitrogens with zero attached hydrogens (tertiary/aromatic N) is 2. The van der Waals surface area contributed by atoms with Gasteiger partial charge in [0.1, 0.15) is 0 Å². The van der Waals surface area contributed by atoms with Crippen LogP contribution in [0.3, 0.4) is 0 Å². The molecule has 104 valence electrons. The molecule has 0 saturated carbocycles. The topological polar surface area (TPSA) is 25.2 Å². The molecule has 0 bridgehead atoms. The number of rotatable bonds is 5. The average molecular weight is 282 g/mol. The monoisotopic (exact) mass is 282 g/mol. The molecule has 1 heterocycles. The number of hydrogen-bond acceptors (Lipinski definition) is 2. The van der Waals surface area contributed by atoms with Crippen LogP contribution in [0, 0.1) is 0 Å². The molecule has 20 heavy (non-hydrogen) atoms. The Bertz CT molecular complexity index is 544. The van der Waals surface area contributed by atoms with E-state index < -0.39 is 8.07 Å². The molecule has 1 atom stereocenters. The molecule has 0 N–H and O–H groups in total. The first kappa shape index (κ1) is 14.7. The Balaban J connectivity index is 2.21. The molecule has 0 radical (unpaired) electrons. The summed E-state index contributed by atoms with van der Waals surface area (Å²) >= 11 is 0. The number of hydrogen-bond donors (Lipinski definition) is 0. The van der Waals surface area contributed by atoms with Gasteiger partial charge in [-0.2, -0.15) is 0 Å². The fraction of sp³-hybridized carbons (Fsp3) is 0.294. The highest BCUT2D eigenvalue weighted by Crippen LogP contribution is 2.27. The van der Waals surface area contributed by atoms with E-state index in [0.717, 1.165) is 11.7 Å². The zero-order valence-corrected chi connectivity index (χ0v) is 13.5. The van der Waals surface area contributed by atoms with Crippen molar-refractivity contribution >= 4 is 14.3 Å². The Morgan fingerprint density at radius 2 is 1.75 bits per heavy atom. The number of pyridine rings is 1. The van der Waals surface area contributed by atoms with Crippen LogP contribution in [0.15, 0.2) is 59.7 Å². The molecule has 2 rings (SSSR count). The van der Waals surface area contributed by atoms with E-state index in [2.05, 4.69) is 55.0 Å². The molecule has 0 aliphatic heterocycles. The van der Waals surface area contributed by atoms with E-state index in [-0.39, 0.29) is 6.04 Å². The summed E-state index contributed by atoms with van der Waals surface area (Å²) in [7, 11) is -1.18. The standard InChI is InChI=1S/C17H22N2Si/c1-20(2,3)14-17(15-9-5-4-6-10-15)19-13-16-11-7-8-12-18-16/h4-13,17H,14H2,1-3H3. The second-order valence-corrected chi connectivity index (χ2v) is 11.8. The first-order chi connectivity index (χ1) is 9.54. The minimum absolute atomic E-state index is 0.241. The maximum Gasteiger partial charge on any atom is 0.0808 e. The highest BCUT2D eigenvalue weighted by Gasteiger charge is 2.20. The molecular formula is C17H22N2Si. The molecule has 0 amide bonds. The van der Waals surface area contributed by atoms with Crippen LogP contribution >= 0.6 is 0 Å². The summed E-state index contributed by atoms with van der Waals surface area (Å²) < 4.78 is 0. The van der Waals surface area contributed by atoms with E-state index in [0.29, 0.717) is 0 Å². The van der Waals surface area contributed by atoms with Crippen molar-refractivity contribution < 1.29 is 0 Å². The quantitative estimate of drug-likeness (QED) is 0.582. The molecule has 2 nitrogen and oxygen atoms in total. The largest absolute Gasteiger partial charge is 0.283 e. The van der Waals surface area contributed by atoms with Gasteiger partial charge in [-0.15, -0.1) is 0 Å². The van der Waals surface area contributed by atoms with Crippen molar-refractivity contribution in [2.45, 2.75) is 31.7 Å². The Hall–Kier alpha value is -1.74. The minimum atomic E-state index is -1.18. The molecule has 0 aliphatic rings. The van der Waals surface area contributed by atoms with Crippen molar-refractivity contribution in [3.05, 3.63) is 66.0 Å². The van der Waals surface area contributed by atoms with Crippen LogP contribution in [0.5, 0.6) is 0 Å². The van der Waals surface area contributed by atoms with Crippen LogP contribution in [-0.2, 0) is 0 Å². The zero-order valence-electron chi connectivity index (χ0n) is 12.5. The smallest absolute Gasteiger partial charge is 0.0808 e. The zero-order chi connectivity index (χ0) is 14.4. The van der Waals surface area contributed by atoms with E-state index in [9.17, 15) is 0 Å². The summed E-state index contributed by atoms with van der Waals surface area (Å²) in [6.07, 6.45) is 3.70. The Morgan fingerprint density at radius 1 is 1.05 bits per heavy atom. The van der Waals surface area contributed by atoms with Gasteiger partial charge in [0.2, 0.25) is 0 Å². The summed E-state index contributed by atoms with van der Waals surface area (Å²) in [4.78, 5) is 9.10. The van der Waals surface area contributed by atoms with E-state index in [4.69, 9.17) is 4.99 Å². The van der Waals surface area contributed by atoms with Gasteiger partial charge < -0.3 is 0 Å². The van der Waals surface area contributed by atoms with Crippen molar-refractivity contribution in [1.82, 2.24) is 4.98 Å². The molecular weight excluding hydrogens is 260 g/mol. The van der Waals surface area contributed by atoms with Crippen molar-refractivity contribution in [2.24, 2.45) is 4.99 Å². The van der Waals surface area contributed by atoms with Crippen molar-refractivity contribution in [3.8, 4) is 0 Å². The molecule has 1 unspecified atom stereocenters. The maximum absolute atomic E-state index is 4.80. The highest BCUT2D eigenvalue weighted by molar-refractivity contribution is 6.76. The van der Waals surface area contributed by atoms with E-state index in [1.807, 2.05) is 24.4 Å². The van der Waals surface area contributed by atoms with Gasteiger partial charge in [0.25, 0.3) is 0 Å². The van der Waals surface area contributed by atoms with Crippen molar-refractivity contribution in [2.75, 3.05) is 0 Å². The van der Waals surface area contributed by atoms with E-state index >= 15 is 0 Å². The Kier molecular flexibility index (Phi) is 4.85. The third-order valence-electron chi connectivity index (χ3n) is 3.06. The first-order valence-corrected chi connectivity index (χ1v) is 10.7. The predicted octanol–water partition coefficient (Wildman–Crippen LogP) is 4.58. The normalized spacial score (nSPS) is 13.6. The van der Waals surface area contributed by atoms with Gasteiger partial charge in [0.15, 0.2) is 0 Å². The van der Waals surface area contributed by atoms with Crippen LogP contribution in [0.1, 0.15) is 17.3 Å². The average Bonchev–Trinajstić information content (AvgIpc) is 2.44. The minimum Gasteiger partial charge on any atom is -0.283 e. The lowest BCUT2D eigenvalue weighted by Crippen LogP contribution is -2.22. The Labute approximate surface area is 122 Å². The third-order valence-corrected chi connectivity index (χ3v) is 4.68. The first-order valence-electron chi connectivity index (χ1n) is 7.04. The second-order valence-electron chi connectivity index (χ2n) is 6.22. The third kappa shape index (κ3) is 4.74. The fourth-order valence-electron chi connectivity index (χ4n) is 2.13. The lowest BCUT2D eigenvalue weighted by Gasteiger charge is -2.22. The summed E-state index contributed by atoms with van der Waals surface area (Å²) in [6.45, 7) is 7.16.